The Morgan fingerprint density at radius 1 is 1.17 bits per heavy atom. The third kappa shape index (κ3) is 4.33. The lowest BCUT2D eigenvalue weighted by atomic mass is 10.1. The van der Waals surface area contributed by atoms with Gasteiger partial charge in [0.25, 0.3) is 5.91 Å². The average Bonchev–Trinajstić information content (AvgIpc) is 2.55. The maximum Gasteiger partial charge on any atom is 0.259 e. The van der Waals surface area contributed by atoms with Crippen LogP contribution in [0.4, 0.5) is 5.69 Å². The van der Waals surface area contributed by atoms with Crippen LogP contribution in [-0.2, 0) is 16.4 Å². The zero-order valence-electron chi connectivity index (χ0n) is 13.6. The summed E-state index contributed by atoms with van der Waals surface area (Å²) in [6.07, 6.45) is 2.02. The van der Waals surface area contributed by atoms with Gasteiger partial charge in [-0.3, -0.25) is 4.79 Å². The smallest absolute Gasteiger partial charge is 0.259 e. The van der Waals surface area contributed by atoms with E-state index in [1.54, 1.807) is 12.1 Å². The molecule has 0 radical (unpaired) electrons. The Hall–Kier alpha value is -2.38. The largest absolute Gasteiger partial charge is 0.496 e. The molecule has 0 aliphatic heterocycles. The van der Waals surface area contributed by atoms with Crippen LogP contribution in [0.2, 0.25) is 0 Å². The molecule has 0 heterocycles. The number of amides is 1. The minimum atomic E-state index is -3.90. The van der Waals surface area contributed by atoms with Gasteiger partial charge in [0.2, 0.25) is 10.0 Å². The topological polar surface area (TPSA) is 98.5 Å². The van der Waals surface area contributed by atoms with Crippen LogP contribution in [0.1, 0.15) is 29.3 Å². The number of sulfonamides is 1. The molecule has 0 aromatic heterocycles. The van der Waals surface area contributed by atoms with E-state index in [2.05, 4.69) is 12.2 Å². The molecule has 0 saturated heterocycles. The molecular weight excluding hydrogens is 328 g/mol. The Labute approximate surface area is 141 Å². The molecule has 1 amide bonds. The molecule has 2 rings (SSSR count). The van der Waals surface area contributed by atoms with Crippen molar-refractivity contribution < 1.29 is 17.9 Å². The minimum absolute atomic E-state index is 0.0988. The van der Waals surface area contributed by atoms with Crippen molar-refractivity contribution in [3.8, 4) is 5.75 Å². The molecule has 0 aliphatic rings. The lowest BCUT2D eigenvalue weighted by molar-refractivity contribution is 0.102. The molecule has 0 bridgehead atoms. The molecule has 0 atom stereocenters. The fraction of sp³-hybridized carbons (Fsp3) is 0.235. The van der Waals surface area contributed by atoms with E-state index in [0.29, 0.717) is 5.69 Å². The summed E-state index contributed by atoms with van der Waals surface area (Å²) >= 11 is 0. The van der Waals surface area contributed by atoms with Gasteiger partial charge in [-0.2, -0.15) is 0 Å². The van der Waals surface area contributed by atoms with Crippen LogP contribution in [0.3, 0.4) is 0 Å². The number of nitrogens with two attached hydrogens (primary N) is 1. The number of nitrogens with one attached hydrogen (secondary N) is 1. The van der Waals surface area contributed by atoms with E-state index in [-0.39, 0.29) is 16.2 Å². The second-order valence-electron chi connectivity index (χ2n) is 5.31. The van der Waals surface area contributed by atoms with Crippen molar-refractivity contribution in [1.29, 1.82) is 0 Å². The van der Waals surface area contributed by atoms with E-state index in [0.717, 1.165) is 12.8 Å². The van der Waals surface area contributed by atoms with Crippen LogP contribution in [-0.4, -0.2) is 21.4 Å². The van der Waals surface area contributed by atoms with Crippen molar-refractivity contribution in [1.82, 2.24) is 0 Å². The molecule has 3 N–H and O–H groups in total. The number of hydrogen-bond donors (Lipinski definition) is 2. The van der Waals surface area contributed by atoms with Gasteiger partial charge in [0.05, 0.1) is 17.6 Å². The van der Waals surface area contributed by atoms with Crippen molar-refractivity contribution in [2.45, 2.75) is 24.7 Å². The van der Waals surface area contributed by atoms with E-state index in [1.807, 2.05) is 12.1 Å². The molecule has 2 aromatic carbocycles. The van der Waals surface area contributed by atoms with Crippen LogP contribution in [0, 0.1) is 0 Å². The number of methoxy groups -OCH3 is 1. The van der Waals surface area contributed by atoms with Crippen molar-refractivity contribution in [2.24, 2.45) is 5.14 Å². The summed E-state index contributed by atoms with van der Waals surface area (Å²) in [5.74, 6) is -0.205. The standard InChI is InChI=1S/C17H20N2O4S/c1-3-4-12-5-7-13(8-6-12)19-17(20)15-11-14(24(18,21)22)9-10-16(15)23-2/h5-11H,3-4H2,1-2H3,(H,19,20)(H2,18,21,22). The quantitative estimate of drug-likeness (QED) is 0.838. The van der Waals surface area contributed by atoms with E-state index >= 15 is 0 Å². The van der Waals surface area contributed by atoms with E-state index in [1.165, 1.54) is 30.9 Å². The first kappa shape index (κ1) is 18.0. The van der Waals surface area contributed by atoms with Gasteiger partial charge in [-0.15, -0.1) is 0 Å². The Kier molecular flexibility index (Phi) is 5.58. The molecule has 2 aromatic rings. The number of carbonyl (C=O) groups is 1. The molecule has 6 nitrogen and oxygen atoms in total. The summed E-state index contributed by atoms with van der Waals surface area (Å²) < 4.78 is 28.1. The molecule has 0 aliphatic carbocycles. The highest BCUT2D eigenvalue weighted by atomic mass is 32.2. The van der Waals surface area contributed by atoms with Crippen LogP contribution in [0.5, 0.6) is 5.75 Å². The number of aryl methyl sites for hydroxylation is 1. The van der Waals surface area contributed by atoms with Gasteiger partial charge in [0.1, 0.15) is 5.75 Å². The number of benzene rings is 2. The number of carbonyl (C=O) groups excluding carboxylic acids is 1. The zero-order valence-corrected chi connectivity index (χ0v) is 14.4. The predicted molar refractivity (Wildman–Crippen MR) is 92.8 cm³/mol. The number of hydrogen-bond acceptors (Lipinski definition) is 4. The average molecular weight is 348 g/mol. The molecule has 7 heteroatoms. The van der Waals surface area contributed by atoms with Crippen LogP contribution < -0.4 is 15.2 Å². The first-order valence-corrected chi connectivity index (χ1v) is 9.01. The lowest BCUT2D eigenvalue weighted by Gasteiger charge is -2.11. The van der Waals surface area contributed by atoms with Crippen molar-refractivity contribution in [3.63, 3.8) is 0 Å². The fourth-order valence-electron chi connectivity index (χ4n) is 2.28. The van der Waals surface area contributed by atoms with E-state index < -0.39 is 15.9 Å². The molecule has 0 spiro atoms. The summed E-state index contributed by atoms with van der Waals surface area (Å²) in [7, 11) is -2.50. The summed E-state index contributed by atoms with van der Waals surface area (Å²) in [4.78, 5) is 12.3. The van der Waals surface area contributed by atoms with E-state index in [9.17, 15) is 13.2 Å². The maximum absolute atomic E-state index is 12.5. The number of primary sulfonamides is 1. The number of ether oxygens (including phenoxy) is 1. The van der Waals surface area contributed by atoms with Gasteiger partial charge < -0.3 is 10.1 Å². The lowest BCUT2D eigenvalue weighted by Crippen LogP contribution is -2.16. The summed E-state index contributed by atoms with van der Waals surface area (Å²) in [5, 5.41) is 7.84. The molecule has 0 saturated carbocycles. The number of anilines is 1. The minimum Gasteiger partial charge on any atom is -0.496 e. The normalized spacial score (nSPS) is 11.1. The summed E-state index contributed by atoms with van der Waals surface area (Å²) in [6, 6.07) is 11.4. The molecular formula is C17H20N2O4S. The molecule has 0 unspecified atom stereocenters. The van der Waals surface area contributed by atoms with Gasteiger partial charge in [-0.25, -0.2) is 13.6 Å². The molecule has 24 heavy (non-hydrogen) atoms. The number of rotatable bonds is 6. The second-order valence-corrected chi connectivity index (χ2v) is 6.87. The summed E-state index contributed by atoms with van der Waals surface area (Å²) in [6.45, 7) is 2.10. The second kappa shape index (κ2) is 7.46. The zero-order chi connectivity index (χ0) is 17.7. The predicted octanol–water partition coefficient (Wildman–Crippen LogP) is 2.55. The summed E-state index contributed by atoms with van der Waals surface area (Å²) in [5.41, 5.74) is 1.90. The Balaban J connectivity index is 2.28. The molecule has 128 valence electrons. The van der Waals surface area contributed by atoms with Gasteiger partial charge in [-0.1, -0.05) is 25.5 Å². The van der Waals surface area contributed by atoms with Crippen molar-refractivity contribution >= 4 is 21.6 Å². The van der Waals surface area contributed by atoms with Crippen molar-refractivity contribution in [3.05, 3.63) is 53.6 Å². The van der Waals surface area contributed by atoms with E-state index in [4.69, 9.17) is 9.88 Å². The highest BCUT2D eigenvalue weighted by molar-refractivity contribution is 7.89. The first-order chi connectivity index (χ1) is 11.3. The van der Waals surface area contributed by atoms with Crippen LogP contribution in [0.15, 0.2) is 47.4 Å². The monoisotopic (exact) mass is 348 g/mol. The van der Waals surface area contributed by atoms with Gasteiger partial charge in [0, 0.05) is 5.69 Å². The highest BCUT2D eigenvalue weighted by Gasteiger charge is 2.17. The van der Waals surface area contributed by atoms with Gasteiger partial charge in [-0.05, 0) is 42.3 Å². The van der Waals surface area contributed by atoms with Crippen LogP contribution in [0.25, 0.3) is 0 Å². The Morgan fingerprint density at radius 2 is 1.83 bits per heavy atom. The third-order valence-corrected chi connectivity index (χ3v) is 4.41. The Bertz CT molecular complexity index is 830. The van der Waals surface area contributed by atoms with Gasteiger partial charge in [0.15, 0.2) is 0 Å². The third-order valence-electron chi connectivity index (χ3n) is 3.49. The maximum atomic E-state index is 12.5. The molecule has 0 fully saturated rings. The highest BCUT2D eigenvalue weighted by Crippen LogP contribution is 2.23. The SMILES string of the molecule is CCCc1ccc(NC(=O)c2cc(S(N)(=O)=O)ccc2OC)cc1. The first-order valence-electron chi connectivity index (χ1n) is 7.46. The Morgan fingerprint density at radius 3 is 2.38 bits per heavy atom. The van der Waals surface area contributed by atoms with Gasteiger partial charge >= 0.3 is 0 Å². The van der Waals surface area contributed by atoms with Crippen molar-refractivity contribution in [2.75, 3.05) is 12.4 Å². The fourth-order valence-corrected chi connectivity index (χ4v) is 2.82. The van der Waals surface area contributed by atoms with Crippen LogP contribution >= 0.6 is 0 Å².